The van der Waals surface area contributed by atoms with Gasteiger partial charge < -0.3 is 16.4 Å². The first-order chi connectivity index (χ1) is 17.5. The predicted octanol–water partition coefficient (Wildman–Crippen LogP) is 2.70. The predicted molar refractivity (Wildman–Crippen MR) is 131 cm³/mol. The quantitative estimate of drug-likeness (QED) is 0.366. The maximum Gasteiger partial charge on any atom is 0.416 e. The molecule has 2 heterocycles. The Hall–Kier alpha value is -3.55. The van der Waals surface area contributed by atoms with Crippen LogP contribution < -0.4 is 21.1 Å². The molecule has 1 aromatic heterocycles. The fraction of sp³-hybridized carbons (Fsp3) is 0.292. The van der Waals surface area contributed by atoms with Gasteiger partial charge in [0.2, 0.25) is 10.0 Å². The number of carbonyl (C=O) groups is 1. The number of nitrogens with zero attached hydrogens (tertiary/aromatic N) is 2. The minimum Gasteiger partial charge on any atom is -0.382 e. The summed E-state index contributed by atoms with van der Waals surface area (Å²) >= 11 is 0. The smallest absolute Gasteiger partial charge is 0.382 e. The van der Waals surface area contributed by atoms with E-state index in [9.17, 15) is 26.4 Å². The van der Waals surface area contributed by atoms with Crippen LogP contribution in [0.25, 0.3) is 11.3 Å². The summed E-state index contributed by atoms with van der Waals surface area (Å²) < 4.78 is 65.8. The van der Waals surface area contributed by atoms with Crippen molar-refractivity contribution in [2.45, 2.75) is 36.5 Å². The fourth-order valence-corrected chi connectivity index (χ4v) is 4.88. The van der Waals surface area contributed by atoms with E-state index in [0.29, 0.717) is 35.5 Å². The topological polar surface area (TPSA) is 139 Å². The van der Waals surface area contributed by atoms with Crippen LogP contribution in [0, 0.1) is 0 Å². The summed E-state index contributed by atoms with van der Waals surface area (Å²) in [5, 5.41) is 6.12. The van der Waals surface area contributed by atoms with Gasteiger partial charge in [-0.05, 0) is 55.3 Å². The Kier molecular flexibility index (Phi) is 7.76. The summed E-state index contributed by atoms with van der Waals surface area (Å²) in [7, 11) is -4.06. The van der Waals surface area contributed by atoms with E-state index in [-0.39, 0.29) is 29.0 Å². The molecule has 3 aromatic rings. The van der Waals surface area contributed by atoms with Crippen molar-refractivity contribution < 1.29 is 26.4 Å². The summed E-state index contributed by atoms with van der Waals surface area (Å²) in [6.07, 6.45) is -1.35. The molecule has 0 aliphatic carbocycles. The highest BCUT2D eigenvalue weighted by atomic mass is 32.2. The molecule has 0 radical (unpaired) electrons. The molecule has 5 N–H and O–H groups in total. The highest BCUT2D eigenvalue weighted by Crippen LogP contribution is 2.29. The van der Waals surface area contributed by atoms with E-state index >= 15 is 0 Å². The van der Waals surface area contributed by atoms with Crippen LogP contribution >= 0.6 is 0 Å². The van der Waals surface area contributed by atoms with Gasteiger partial charge >= 0.3 is 6.18 Å². The van der Waals surface area contributed by atoms with Crippen LogP contribution in [0.1, 0.15) is 34.5 Å². The standard InChI is InChI=1S/C24H25F3N6O3S/c25-24(26,27)17-6-8-19(9-7-17)37(35,36)31-12-15-3-1-4-16(11-15)20-14-30-22(28)21(33-20)23(34)32-18-5-2-10-29-13-18/h1,3-4,6-9,11,14,18,29,31H,2,5,10,12-13H2,(H2,28,30)(H,32,34). The summed E-state index contributed by atoms with van der Waals surface area (Å²) in [5.74, 6) is -0.438. The number of amides is 1. The zero-order valence-electron chi connectivity index (χ0n) is 19.5. The van der Waals surface area contributed by atoms with E-state index in [1.807, 2.05) is 0 Å². The van der Waals surface area contributed by atoms with Gasteiger partial charge in [0, 0.05) is 24.7 Å². The fourth-order valence-electron chi connectivity index (χ4n) is 3.86. The minimum atomic E-state index is -4.56. The van der Waals surface area contributed by atoms with Crippen molar-refractivity contribution in [1.82, 2.24) is 25.3 Å². The van der Waals surface area contributed by atoms with Crippen molar-refractivity contribution in [3.63, 3.8) is 0 Å². The number of halogens is 3. The van der Waals surface area contributed by atoms with Crippen LogP contribution in [0.5, 0.6) is 0 Å². The molecular weight excluding hydrogens is 509 g/mol. The summed E-state index contributed by atoms with van der Waals surface area (Å²) in [6, 6.07) is 9.95. The normalized spacial score (nSPS) is 16.4. The second-order valence-corrected chi connectivity index (χ2v) is 10.3. The molecule has 4 rings (SSSR count). The van der Waals surface area contributed by atoms with Gasteiger partial charge in [-0.3, -0.25) is 4.79 Å². The molecule has 0 saturated carbocycles. The van der Waals surface area contributed by atoms with Gasteiger partial charge in [-0.2, -0.15) is 13.2 Å². The number of nitrogens with one attached hydrogen (secondary N) is 3. The molecule has 1 unspecified atom stereocenters. The number of nitrogens with two attached hydrogens (primary N) is 1. The van der Waals surface area contributed by atoms with Crippen molar-refractivity contribution in [2.75, 3.05) is 18.8 Å². The number of alkyl halides is 3. The molecule has 2 aromatic carbocycles. The van der Waals surface area contributed by atoms with Gasteiger partial charge in [-0.1, -0.05) is 18.2 Å². The van der Waals surface area contributed by atoms with E-state index < -0.39 is 27.7 Å². The number of sulfonamides is 1. The number of piperidine rings is 1. The van der Waals surface area contributed by atoms with Crippen LogP contribution in [0.4, 0.5) is 19.0 Å². The number of hydrogen-bond donors (Lipinski definition) is 4. The first-order valence-electron chi connectivity index (χ1n) is 11.4. The Morgan fingerprint density at radius 2 is 1.92 bits per heavy atom. The second-order valence-electron chi connectivity index (χ2n) is 8.55. The van der Waals surface area contributed by atoms with Gasteiger partial charge in [0.25, 0.3) is 5.91 Å². The largest absolute Gasteiger partial charge is 0.416 e. The molecule has 1 fully saturated rings. The first kappa shape index (κ1) is 26.5. The molecule has 13 heteroatoms. The maximum atomic E-state index is 12.8. The Bertz CT molecular complexity index is 1380. The number of benzene rings is 2. The molecule has 1 saturated heterocycles. The highest BCUT2D eigenvalue weighted by molar-refractivity contribution is 7.89. The lowest BCUT2D eigenvalue weighted by Crippen LogP contribution is -2.46. The van der Waals surface area contributed by atoms with Crippen molar-refractivity contribution in [3.05, 3.63) is 71.5 Å². The zero-order valence-corrected chi connectivity index (χ0v) is 20.4. The first-order valence-corrected chi connectivity index (χ1v) is 12.9. The highest BCUT2D eigenvalue weighted by Gasteiger charge is 2.30. The van der Waals surface area contributed by atoms with Crippen molar-refractivity contribution in [1.29, 1.82) is 0 Å². The lowest BCUT2D eigenvalue weighted by Gasteiger charge is -2.23. The maximum absolute atomic E-state index is 12.8. The average Bonchev–Trinajstić information content (AvgIpc) is 2.88. The number of nitrogen functional groups attached to an aromatic ring is 1. The second kappa shape index (κ2) is 10.8. The lowest BCUT2D eigenvalue weighted by atomic mass is 10.1. The van der Waals surface area contributed by atoms with E-state index in [1.54, 1.807) is 24.3 Å². The van der Waals surface area contributed by atoms with Crippen LogP contribution in [0.2, 0.25) is 0 Å². The monoisotopic (exact) mass is 534 g/mol. The van der Waals surface area contributed by atoms with E-state index in [2.05, 4.69) is 25.3 Å². The van der Waals surface area contributed by atoms with Crippen molar-refractivity contribution in [2.24, 2.45) is 0 Å². The number of aromatic nitrogens is 2. The molecule has 1 amide bonds. The summed E-state index contributed by atoms with van der Waals surface area (Å²) in [5.41, 5.74) is 6.46. The van der Waals surface area contributed by atoms with Crippen LogP contribution in [-0.4, -0.2) is 43.4 Å². The number of rotatable bonds is 7. The van der Waals surface area contributed by atoms with Crippen molar-refractivity contribution in [3.8, 4) is 11.3 Å². The molecule has 1 aliphatic heterocycles. The number of anilines is 1. The van der Waals surface area contributed by atoms with Gasteiger partial charge in [0.05, 0.1) is 22.3 Å². The third-order valence-electron chi connectivity index (χ3n) is 5.83. The SMILES string of the molecule is Nc1ncc(-c2cccc(CNS(=O)(=O)c3ccc(C(F)(F)F)cc3)c2)nc1C(=O)NC1CCCNC1. The molecule has 37 heavy (non-hydrogen) atoms. The Morgan fingerprint density at radius 3 is 2.59 bits per heavy atom. The van der Waals surface area contributed by atoms with Crippen molar-refractivity contribution >= 4 is 21.7 Å². The minimum absolute atomic E-state index is 0.00326. The zero-order chi connectivity index (χ0) is 26.6. The number of hydrogen-bond acceptors (Lipinski definition) is 7. The molecule has 0 spiro atoms. The molecule has 9 nitrogen and oxygen atoms in total. The third-order valence-corrected chi connectivity index (χ3v) is 7.25. The third kappa shape index (κ3) is 6.61. The van der Waals surface area contributed by atoms with E-state index in [0.717, 1.165) is 31.5 Å². The Morgan fingerprint density at radius 1 is 1.16 bits per heavy atom. The molecular formula is C24H25F3N6O3S. The Labute approximate surface area is 211 Å². The molecule has 0 bridgehead atoms. The van der Waals surface area contributed by atoms with Gasteiger partial charge in [0.15, 0.2) is 11.5 Å². The molecule has 196 valence electrons. The number of carbonyl (C=O) groups excluding carboxylic acids is 1. The van der Waals surface area contributed by atoms with Gasteiger partial charge in [-0.25, -0.2) is 23.1 Å². The lowest BCUT2D eigenvalue weighted by molar-refractivity contribution is -0.137. The molecule has 1 aliphatic rings. The summed E-state index contributed by atoms with van der Waals surface area (Å²) in [6.45, 7) is 1.44. The van der Waals surface area contributed by atoms with E-state index in [1.165, 1.54) is 6.20 Å². The van der Waals surface area contributed by atoms with Crippen LogP contribution in [0.3, 0.4) is 0 Å². The molecule has 1 atom stereocenters. The Balaban J connectivity index is 1.47. The van der Waals surface area contributed by atoms with Gasteiger partial charge in [-0.15, -0.1) is 0 Å². The van der Waals surface area contributed by atoms with E-state index in [4.69, 9.17) is 5.73 Å². The average molecular weight is 535 g/mol. The summed E-state index contributed by atoms with van der Waals surface area (Å²) in [4.78, 5) is 20.9. The van der Waals surface area contributed by atoms with Gasteiger partial charge in [0.1, 0.15) is 0 Å². The van der Waals surface area contributed by atoms with Crippen LogP contribution in [0.15, 0.2) is 59.6 Å². The van der Waals surface area contributed by atoms with Crippen LogP contribution in [-0.2, 0) is 22.7 Å².